The van der Waals surface area contributed by atoms with Gasteiger partial charge in [-0.05, 0) is 42.0 Å². The van der Waals surface area contributed by atoms with E-state index in [2.05, 4.69) is 15.9 Å². The first-order chi connectivity index (χ1) is 11.8. The van der Waals surface area contributed by atoms with Gasteiger partial charge in [0.15, 0.2) is 5.78 Å². The van der Waals surface area contributed by atoms with Crippen molar-refractivity contribution in [3.05, 3.63) is 82.0 Å². The average molecular weight is 414 g/mol. The number of rotatable bonds is 6. The van der Waals surface area contributed by atoms with Crippen LogP contribution in [0.1, 0.15) is 21.5 Å². The molecule has 0 N–H and O–H groups in total. The molecule has 0 radical (unpaired) electrons. The van der Waals surface area contributed by atoms with Crippen molar-refractivity contribution in [2.75, 3.05) is 7.05 Å². The van der Waals surface area contributed by atoms with Crippen molar-refractivity contribution in [3.8, 4) is 0 Å². The second-order valence-electron chi connectivity index (χ2n) is 5.20. The minimum Gasteiger partial charge on any atom is -0.289 e. The van der Waals surface area contributed by atoms with Gasteiger partial charge in [-0.1, -0.05) is 28.1 Å². The van der Waals surface area contributed by atoms with Gasteiger partial charge in [-0.15, -0.1) is 0 Å². The first kappa shape index (κ1) is 19.2. The van der Waals surface area contributed by atoms with Crippen LogP contribution in [0.5, 0.6) is 0 Å². The molecule has 0 amide bonds. The summed E-state index contributed by atoms with van der Waals surface area (Å²) in [7, 11) is 1.55. The normalized spacial score (nSPS) is 11.7. The number of allylic oxidation sites excluding steroid dienone is 1. The number of ketones is 1. The molecule has 0 aliphatic carbocycles. The number of hydrogen-bond acceptors (Lipinski definition) is 3. The SMILES string of the molecule is CN(C=CC(=O)c1ccc(Br)cc1)OCc1cccc(C(F)(F)F)c1. The van der Waals surface area contributed by atoms with E-state index in [4.69, 9.17) is 4.84 Å². The van der Waals surface area contributed by atoms with E-state index >= 15 is 0 Å². The minimum absolute atomic E-state index is 0.0444. The zero-order valence-electron chi connectivity index (χ0n) is 13.3. The fourth-order valence-corrected chi connectivity index (χ4v) is 2.20. The average Bonchev–Trinajstić information content (AvgIpc) is 2.58. The smallest absolute Gasteiger partial charge is 0.289 e. The highest BCUT2D eigenvalue weighted by Gasteiger charge is 2.30. The molecule has 2 aromatic carbocycles. The van der Waals surface area contributed by atoms with E-state index in [0.717, 1.165) is 16.6 Å². The molecule has 0 atom stereocenters. The van der Waals surface area contributed by atoms with Gasteiger partial charge in [0.25, 0.3) is 0 Å². The molecule has 0 saturated heterocycles. The number of hydroxylamine groups is 2. The van der Waals surface area contributed by atoms with Crippen LogP contribution in [0.2, 0.25) is 0 Å². The van der Waals surface area contributed by atoms with Gasteiger partial charge in [0.05, 0.1) is 12.2 Å². The van der Waals surface area contributed by atoms with Crippen molar-refractivity contribution >= 4 is 21.7 Å². The van der Waals surface area contributed by atoms with Gasteiger partial charge in [-0.3, -0.25) is 14.7 Å². The van der Waals surface area contributed by atoms with Crippen LogP contribution < -0.4 is 0 Å². The fourth-order valence-electron chi connectivity index (χ4n) is 1.94. The highest BCUT2D eigenvalue weighted by Crippen LogP contribution is 2.29. The Labute approximate surface area is 151 Å². The molecule has 132 valence electrons. The fraction of sp³-hybridized carbons (Fsp3) is 0.167. The minimum atomic E-state index is -4.39. The van der Waals surface area contributed by atoms with Crippen molar-refractivity contribution in [1.29, 1.82) is 0 Å². The molecule has 0 aliphatic heterocycles. The summed E-state index contributed by atoms with van der Waals surface area (Å²) in [6.45, 7) is -0.0444. The van der Waals surface area contributed by atoms with Crippen LogP contribution in [0.25, 0.3) is 0 Å². The standard InChI is InChI=1S/C18H15BrF3NO2/c1-23(10-9-17(24)14-5-7-16(19)8-6-14)25-12-13-3-2-4-15(11-13)18(20,21)22/h2-11H,12H2,1H3. The molecule has 0 bridgehead atoms. The molecular weight excluding hydrogens is 399 g/mol. The van der Waals surface area contributed by atoms with Crippen LogP contribution in [0.15, 0.2) is 65.3 Å². The lowest BCUT2D eigenvalue weighted by Crippen LogP contribution is -2.13. The van der Waals surface area contributed by atoms with Crippen LogP contribution in [-0.2, 0) is 17.6 Å². The van der Waals surface area contributed by atoms with E-state index in [-0.39, 0.29) is 12.4 Å². The summed E-state index contributed by atoms with van der Waals surface area (Å²) in [6.07, 6.45) is -1.65. The van der Waals surface area contributed by atoms with E-state index in [1.165, 1.54) is 23.4 Å². The molecule has 25 heavy (non-hydrogen) atoms. The summed E-state index contributed by atoms with van der Waals surface area (Å²) in [5.41, 5.74) is 0.178. The molecule has 0 fully saturated rings. The lowest BCUT2D eigenvalue weighted by atomic mass is 10.1. The predicted octanol–water partition coefficient (Wildman–Crippen LogP) is 5.23. The summed E-state index contributed by atoms with van der Waals surface area (Å²) < 4.78 is 38.8. The van der Waals surface area contributed by atoms with Crippen molar-refractivity contribution in [2.24, 2.45) is 0 Å². The highest BCUT2D eigenvalue weighted by molar-refractivity contribution is 9.10. The van der Waals surface area contributed by atoms with Gasteiger partial charge >= 0.3 is 6.18 Å². The molecule has 2 rings (SSSR count). The summed E-state index contributed by atoms with van der Waals surface area (Å²) >= 11 is 3.29. The van der Waals surface area contributed by atoms with E-state index in [1.54, 1.807) is 37.4 Å². The van der Waals surface area contributed by atoms with Crippen LogP contribution in [0.4, 0.5) is 13.2 Å². The third kappa shape index (κ3) is 6.03. The number of alkyl halides is 3. The number of hydrogen-bond donors (Lipinski definition) is 0. The lowest BCUT2D eigenvalue weighted by Gasteiger charge is -2.14. The Bertz CT molecular complexity index is 758. The third-order valence-electron chi connectivity index (χ3n) is 3.25. The van der Waals surface area contributed by atoms with Crippen molar-refractivity contribution < 1.29 is 22.8 Å². The molecular formula is C18H15BrF3NO2. The van der Waals surface area contributed by atoms with E-state index in [9.17, 15) is 18.0 Å². The van der Waals surface area contributed by atoms with Crippen molar-refractivity contribution in [3.63, 3.8) is 0 Å². The van der Waals surface area contributed by atoms with Gasteiger partial charge in [0.1, 0.15) is 0 Å². The second-order valence-corrected chi connectivity index (χ2v) is 6.12. The first-order valence-corrected chi connectivity index (χ1v) is 8.05. The number of halogens is 4. The quantitative estimate of drug-likeness (QED) is 0.369. The van der Waals surface area contributed by atoms with Gasteiger partial charge in [0, 0.05) is 29.4 Å². The van der Waals surface area contributed by atoms with E-state index in [0.29, 0.717) is 11.1 Å². The molecule has 0 aliphatic rings. The molecule has 0 unspecified atom stereocenters. The second kappa shape index (κ2) is 8.31. The lowest BCUT2D eigenvalue weighted by molar-refractivity contribution is -0.138. The van der Waals surface area contributed by atoms with Gasteiger partial charge in [0.2, 0.25) is 0 Å². The first-order valence-electron chi connectivity index (χ1n) is 7.26. The zero-order chi connectivity index (χ0) is 18.4. The topological polar surface area (TPSA) is 29.5 Å². The summed E-state index contributed by atoms with van der Waals surface area (Å²) in [6, 6.07) is 11.8. The highest BCUT2D eigenvalue weighted by atomic mass is 79.9. The number of nitrogens with zero attached hydrogens (tertiary/aromatic N) is 1. The maximum atomic E-state index is 12.7. The molecule has 0 spiro atoms. The molecule has 2 aromatic rings. The Morgan fingerprint density at radius 1 is 1.20 bits per heavy atom. The van der Waals surface area contributed by atoms with Crippen LogP contribution in [-0.4, -0.2) is 17.9 Å². The Hall–Kier alpha value is -2.12. The van der Waals surface area contributed by atoms with Gasteiger partial charge < -0.3 is 0 Å². The van der Waals surface area contributed by atoms with Crippen molar-refractivity contribution in [2.45, 2.75) is 12.8 Å². The predicted molar refractivity (Wildman–Crippen MR) is 91.6 cm³/mol. The van der Waals surface area contributed by atoms with Gasteiger partial charge in [-0.25, -0.2) is 0 Å². The maximum Gasteiger partial charge on any atom is 0.416 e. The molecule has 0 heterocycles. The van der Waals surface area contributed by atoms with Crippen molar-refractivity contribution in [1.82, 2.24) is 5.06 Å². The Balaban J connectivity index is 1.91. The summed E-state index contributed by atoms with van der Waals surface area (Å²) in [5, 5.41) is 1.27. The number of benzene rings is 2. The molecule has 3 nitrogen and oxygen atoms in total. The van der Waals surface area contributed by atoms with E-state index < -0.39 is 11.7 Å². The summed E-state index contributed by atoms with van der Waals surface area (Å²) in [5.74, 6) is -0.206. The third-order valence-corrected chi connectivity index (χ3v) is 3.78. The molecule has 0 aromatic heterocycles. The van der Waals surface area contributed by atoms with Gasteiger partial charge in [-0.2, -0.15) is 13.2 Å². The van der Waals surface area contributed by atoms with Crippen LogP contribution in [0.3, 0.4) is 0 Å². The van der Waals surface area contributed by atoms with Crippen LogP contribution >= 0.6 is 15.9 Å². The number of carbonyl (C=O) groups excluding carboxylic acids is 1. The Kier molecular flexibility index (Phi) is 6.39. The largest absolute Gasteiger partial charge is 0.416 e. The number of carbonyl (C=O) groups is 1. The Morgan fingerprint density at radius 2 is 1.88 bits per heavy atom. The van der Waals surface area contributed by atoms with E-state index in [1.807, 2.05) is 0 Å². The van der Waals surface area contributed by atoms with Crippen LogP contribution in [0, 0.1) is 0 Å². The monoisotopic (exact) mass is 413 g/mol. The molecule has 0 saturated carbocycles. The zero-order valence-corrected chi connectivity index (χ0v) is 14.8. The molecule has 7 heteroatoms. The Morgan fingerprint density at radius 3 is 2.52 bits per heavy atom. The summed E-state index contributed by atoms with van der Waals surface area (Å²) in [4.78, 5) is 17.3. The maximum absolute atomic E-state index is 12.7.